The molecule has 2 amide bonds. The molecule has 0 fully saturated rings. The third-order valence-electron chi connectivity index (χ3n) is 4.84. The summed E-state index contributed by atoms with van der Waals surface area (Å²) >= 11 is 0. The van der Waals surface area contributed by atoms with Crippen LogP contribution in [-0.2, 0) is 29.2 Å². The lowest BCUT2D eigenvalue weighted by Crippen LogP contribution is -2.43. The van der Waals surface area contributed by atoms with Crippen LogP contribution >= 0.6 is 0 Å². The molecule has 32 heavy (non-hydrogen) atoms. The number of carbonyl (C=O) groups excluding carboxylic acids is 2. The molecule has 2 aromatic carbocycles. The molecule has 0 spiro atoms. The number of nitrogens with zero attached hydrogens (tertiary/aromatic N) is 2. The second-order valence-corrected chi connectivity index (χ2v) is 7.41. The van der Waals surface area contributed by atoms with Gasteiger partial charge in [0.15, 0.2) is 0 Å². The number of aromatic nitrogens is 2. The molecule has 0 aliphatic carbocycles. The maximum absolute atomic E-state index is 12.7. The Kier molecular flexibility index (Phi) is 7.75. The van der Waals surface area contributed by atoms with E-state index in [-0.39, 0.29) is 19.0 Å². The van der Waals surface area contributed by atoms with Gasteiger partial charge in [0.05, 0.1) is 6.54 Å². The third kappa shape index (κ3) is 6.28. The van der Waals surface area contributed by atoms with Gasteiger partial charge in [-0.2, -0.15) is 0 Å². The standard InChI is InChI=1S/C24H26N4O4/c1-2-6-21(29)26-20-11-9-18(10-12-20)15-25-22(30)17-28-23(31)13-14-27(24(28)32)16-19-7-4-3-5-8-19/h3-5,7-14H,2,6,15-17H2,1H3,(H,25,30)(H,26,29). The van der Waals surface area contributed by atoms with Gasteiger partial charge in [-0.25, -0.2) is 4.79 Å². The van der Waals surface area contributed by atoms with E-state index in [0.717, 1.165) is 22.1 Å². The van der Waals surface area contributed by atoms with E-state index in [9.17, 15) is 19.2 Å². The van der Waals surface area contributed by atoms with Crippen LogP contribution in [0.25, 0.3) is 0 Å². The average Bonchev–Trinajstić information content (AvgIpc) is 2.79. The average molecular weight is 434 g/mol. The first-order chi connectivity index (χ1) is 15.5. The molecule has 0 aliphatic rings. The summed E-state index contributed by atoms with van der Waals surface area (Å²) in [7, 11) is 0. The molecule has 0 bridgehead atoms. The van der Waals surface area contributed by atoms with Crippen LogP contribution in [0.15, 0.2) is 76.4 Å². The van der Waals surface area contributed by atoms with Crippen LogP contribution in [0.2, 0.25) is 0 Å². The molecule has 3 aromatic rings. The zero-order valence-electron chi connectivity index (χ0n) is 17.9. The van der Waals surface area contributed by atoms with E-state index in [0.29, 0.717) is 18.7 Å². The molecule has 8 nitrogen and oxygen atoms in total. The highest BCUT2D eigenvalue weighted by Gasteiger charge is 2.10. The summed E-state index contributed by atoms with van der Waals surface area (Å²) in [5.74, 6) is -0.484. The first-order valence-corrected chi connectivity index (χ1v) is 10.5. The molecule has 0 saturated carbocycles. The Hall–Kier alpha value is -3.94. The Balaban J connectivity index is 1.60. The topological polar surface area (TPSA) is 102 Å². The van der Waals surface area contributed by atoms with Crippen LogP contribution in [0.4, 0.5) is 5.69 Å². The molecule has 0 unspecified atom stereocenters. The van der Waals surface area contributed by atoms with Gasteiger partial charge in [0, 0.05) is 30.9 Å². The predicted molar refractivity (Wildman–Crippen MR) is 122 cm³/mol. The Morgan fingerprint density at radius 1 is 0.875 bits per heavy atom. The van der Waals surface area contributed by atoms with Crippen LogP contribution < -0.4 is 21.9 Å². The first kappa shape index (κ1) is 22.7. The van der Waals surface area contributed by atoms with Gasteiger partial charge < -0.3 is 10.6 Å². The number of hydrogen-bond donors (Lipinski definition) is 2. The lowest BCUT2D eigenvalue weighted by Gasteiger charge is -2.11. The molecule has 8 heteroatoms. The molecule has 1 aromatic heterocycles. The van der Waals surface area contributed by atoms with Gasteiger partial charge in [0.25, 0.3) is 5.56 Å². The van der Waals surface area contributed by atoms with Crippen molar-refractivity contribution in [1.82, 2.24) is 14.5 Å². The zero-order valence-corrected chi connectivity index (χ0v) is 17.9. The van der Waals surface area contributed by atoms with Crippen LogP contribution in [0.5, 0.6) is 0 Å². The number of amides is 2. The fourth-order valence-corrected chi connectivity index (χ4v) is 3.16. The van der Waals surface area contributed by atoms with E-state index in [4.69, 9.17) is 0 Å². The Morgan fingerprint density at radius 2 is 1.59 bits per heavy atom. The van der Waals surface area contributed by atoms with E-state index in [1.807, 2.05) is 37.3 Å². The van der Waals surface area contributed by atoms with E-state index in [1.165, 1.54) is 16.8 Å². The molecule has 0 atom stereocenters. The Morgan fingerprint density at radius 3 is 2.28 bits per heavy atom. The lowest BCUT2D eigenvalue weighted by atomic mass is 10.2. The fraction of sp³-hybridized carbons (Fsp3) is 0.250. The van der Waals surface area contributed by atoms with Crippen LogP contribution in [0.3, 0.4) is 0 Å². The van der Waals surface area contributed by atoms with Crippen LogP contribution in [-0.4, -0.2) is 20.9 Å². The second-order valence-electron chi connectivity index (χ2n) is 7.41. The predicted octanol–water partition coefficient (Wildman–Crippen LogP) is 2.11. The minimum absolute atomic E-state index is 0.0419. The summed E-state index contributed by atoms with van der Waals surface area (Å²) in [6.45, 7) is 2.12. The number of anilines is 1. The molecular weight excluding hydrogens is 408 g/mol. The van der Waals surface area contributed by atoms with Gasteiger partial charge in [-0.1, -0.05) is 49.4 Å². The van der Waals surface area contributed by atoms with E-state index in [1.54, 1.807) is 24.3 Å². The van der Waals surface area contributed by atoms with Crippen molar-refractivity contribution in [2.45, 2.75) is 39.4 Å². The smallest absolute Gasteiger partial charge is 0.331 e. The summed E-state index contributed by atoms with van der Waals surface area (Å²) in [5.41, 5.74) is 1.37. The number of benzene rings is 2. The first-order valence-electron chi connectivity index (χ1n) is 10.5. The van der Waals surface area contributed by atoms with Crippen LogP contribution in [0, 0.1) is 0 Å². The minimum atomic E-state index is -0.538. The normalized spacial score (nSPS) is 10.5. The monoisotopic (exact) mass is 434 g/mol. The molecule has 1 heterocycles. The van der Waals surface area contributed by atoms with Gasteiger partial charge in [0.1, 0.15) is 6.54 Å². The highest BCUT2D eigenvalue weighted by atomic mass is 16.2. The van der Waals surface area contributed by atoms with E-state index in [2.05, 4.69) is 10.6 Å². The van der Waals surface area contributed by atoms with Gasteiger partial charge >= 0.3 is 5.69 Å². The maximum Gasteiger partial charge on any atom is 0.331 e. The van der Waals surface area contributed by atoms with Crippen molar-refractivity contribution in [2.24, 2.45) is 0 Å². The second kappa shape index (κ2) is 10.9. The summed E-state index contributed by atoms with van der Waals surface area (Å²) in [6.07, 6.45) is 2.68. The molecule has 166 valence electrons. The number of carbonyl (C=O) groups is 2. The largest absolute Gasteiger partial charge is 0.350 e. The third-order valence-corrected chi connectivity index (χ3v) is 4.84. The molecule has 0 radical (unpaired) electrons. The van der Waals surface area contributed by atoms with Crippen molar-refractivity contribution in [2.75, 3.05) is 5.32 Å². The molecule has 0 aliphatic heterocycles. The SMILES string of the molecule is CCCC(=O)Nc1ccc(CNC(=O)Cn2c(=O)ccn(Cc3ccccc3)c2=O)cc1. The summed E-state index contributed by atoms with van der Waals surface area (Å²) in [6, 6.07) is 17.8. The van der Waals surface area contributed by atoms with E-state index >= 15 is 0 Å². The molecule has 2 N–H and O–H groups in total. The number of nitrogens with one attached hydrogen (secondary N) is 2. The number of rotatable bonds is 9. The van der Waals surface area contributed by atoms with E-state index < -0.39 is 17.2 Å². The Bertz CT molecular complexity index is 1180. The highest BCUT2D eigenvalue weighted by Crippen LogP contribution is 2.10. The highest BCUT2D eigenvalue weighted by molar-refractivity contribution is 5.90. The van der Waals surface area contributed by atoms with Gasteiger partial charge in [0.2, 0.25) is 11.8 Å². The van der Waals surface area contributed by atoms with Crippen molar-refractivity contribution in [3.63, 3.8) is 0 Å². The van der Waals surface area contributed by atoms with Crippen molar-refractivity contribution in [3.05, 3.63) is 98.8 Å². The summed E-state index contributed by atoms with van der Waals surface area (Å²) < 4.78 is 2.32. The lowest BCUT2D eigenvalue weighted by molar-refractivity contribution is -0.122. The van der Waals surface area contributed by atoms with Gasteiger partial charge in [-0.05, 0) is 29.7 Å². The fourth-order valence-electron chi connectivity index (χ4n) is 3.16. The summed E-state index contributed by atoms with van der Waals surface area (Å²) in [4.78, 5) is 48.9. The summed E-state index contributed by atoms with van der Waals surface area (Å²) in [5, 5.41) is 5.52. The van der Waals surface area contributed by atoms with Crippen molar-refractivity contribution >= 4 is 17.5 Å². The number of hydrogen-bond acceptors (Lipinski definition) is 4. The van der Waals surface area contributed by atoms with Crippen molar-refractivity contribution in [1.29, 1.82) is 0 Å². The van der Waals surface area contributed by atoms with Crippen molar-refractivity contribution < 1.29 is 9.59 Å². The quantitative estimate of drug-likeness (QED) is 0.538. The molecule has 3 rings (SSSR count). The van der Waals surface area contributed by atoms with Gasteiger partial charge in [-0.3, -0.25) is 23.5 Å². The van der Waals surface area contributed by atoms with Crippen LogP contribution in [0.1, 0.15) is 30.9 Å². The van der Waals surface area contributed by atoms with Crippen molar-refractivity contribution in [3.8, 4) is 0 Å². The maximum atomic E-state index is 12.7. The Labute approximate surface area is 185 Å². The molecule has 0 saturated heterocycles. The zero-order chi connectivity index (χ0) is 22.9. The minimum Gasteiger partial charge on any atom is -0.350 e. The van der Waals surface area contributed by atoms with Gasteiger partial charge in [-0.15, -0.1) is 0 Å². The molecular formula is C24H26N4O4.